The molecule has 5 nitrogen and oxygen atoms in total. The number of aromatic nitrogens is 1. The Balaban J connectivity index is 2.52. The quantitative estimate of drug-likeness (QED) is 0.492. The Morgan fingerprint density at radius 2 is 1.72 bits per heavy atom. The molecule has 0 spiro atoms. The van der Waals surface area contributed by atoms with E-state index in [1.807, 2.05) is 6.92 Å². The molecule has 0 amide bonds. The van der Waals surface area contributed by atoms with Crippen LogP contribution in [0.3, 0.4) is 0 Å². The average Bonchev–Trinajstić information content (AvgIpc) is 2.59. The van der Waals surface area contributed by atoms with Crippen LogP contribution in [0.25, 0.3) is 5.57 Å². The van der Waals surface area contributed by atoms with Crippen molar-refractivity contribution < 1.29 is 13.2 Å². The fraction of sp³-hybridized carbons (Fsp3) is 0.111. The minimum absolute atomic E-state index is 0.167. The summed E-state index contributed by atoms with van der Waals surface area (Å²) in [4.78, 5) is 17.1. The van der Waals surface area contributed by atoms with E-state index in [1.165, 1.54) is 30.6 Å². The molecule has 0 saturated heterocycles. The Labute approximate surface area is 151 Å². The van der Waals surface area contributed by atoms with Gasteiger partial charge in [0.15, 0.2) is 15.6 Å². The number of carbonyl (C=O) groups excluding carboxylic acids is 1. The lowest BCUT2D eigenvalue weighted by molar-refractivity contribution is 0.105. The van der Waals surface area contributed by atoms with E-state index in [9.17, 15) is 13.2 Å². The number of aryl methyl sites for hydroxylation is 1. The molecule has 130 valence electrons. The first-order valence-electron chi connectivity index (χ1n) is 7.29. The zero-order valence-corrected chi connectivity index (χ0v) is 15.3. The monoisotopic (exact) mass is 376 g/mol. The maximum Gasteiger partial charge on any atom is 0.195 e. The summed E-state index contributed by atoms with van der Waals surface area (Å²) in [5.74, 6) is -0.292. The number of pyridine rings is 1. The molecule has 0 bridgehead atoms. The molecular formula is C18H17ClN2O3S. The molecule has 1 aromatic carbocycles. The molecule has 0 saturated carbocycles. The van der Waals surface area contributed by atoms with Crippen LogP contribution in [0.2, 0.25) is 0 Å². The molecular weight excluding hydrogens is 360 g/mol. The lowest BCUT2D eigenvalue weighted by atomic mass is 9.97. The van der Waals surface area contributed by atoms with Crippen molar-refractivity contribution in [1.82, 2.24) is 4.98 Å². The Bertz CT molecular complexity index is 945. The van der Waals surface area contributed by atoms with Gasteiger partial charge in [-0.1, -0.05) is 23.7 Å². The first-order valence-corrected chi connectivity index (χ1v) is 9.56. The SMILES string of the molecule is Cc1ccc(C(=O)/C(=C\C(Cl)=C\N)c2ccc(S(C)(=O)=O)cc2)cn1. The zero-order chi connectivity index (χ0) is 18.6. The topological polar surface area (TPSA) is 90.1 Å². The minimum Gasteiger partial charge on any atom is -0.403 e. The summed E-state index contributed by atoms with van der Waals surface area (Å²) in [5, 5.41) is 0.190. The third kappa shape index (κ3) is 4.78. The molecule has 0 aliphatic carbocycles. The second-order valence-electron chi connectivity index (χ2n) is 5.42. The van der Waals surface area contributed by atoms with Crippen LogP contribution in [-0.4, -0.2) is 25.4 Å². The zero-order valence-electron chi connectivity index (χ0n) is 13.7. The Kier molecular flexibility index (Phi) is 5.77. The van der Waals surface area contributed by atoms with Crippen LogP contribution in [0.5, 0.6) is 0 Å². The van der Waals surface area contributed by atoms with Gasteiger partial charge < -0.3 is 5.73 Å². The number of allylic oxidation sites excluding steroid dienone is 3. The molecule has 7 heteroatoms. The number of hydrogen-bond acceptors (Lipinski definition) is 5. The summed E-state index contributed by atoms with van der Waals surface area (Å²) in [6, 6.07) is 9.41. The summed E-state index contributed by atoms with van der Waals surface area (Å²) in [6.45, 7) is 1.82. The van der Waals surface area contributed by atoms with Crippen molar-refractivity contribution in [2.24, 2.45) is 5.73 Å². The molecule has 0 atom stereocenters. The van der Waals surface area contributed by atoms with Crippen molar-refractivity contribution in [3.8, 4) is 0 Å². The van der Waals surface area contributed by atoms with E-state index in [1.54, 1.807) is 24.3 Å². The fourth-order valence-electron chi connectivity index (χ4n) is 2.11. The molecule has 2 N–H and O–H groups in total. The van der Waals surface area contributed by atoms with E-state index in [-0.39, 0.29) is 21.3 Å². The molecule has 1 aromatic heterocycles. The van der Waals surface area contributed by atoms with Gasteiger partial charge in [0, 0.05) is 35.5 Å². The van der Waals surface area contributed by atoms with Gasteiger partial charge in [-0.3, -0.25) is 9.78 Å². The van der Waals surface area contributed by atoms with Gasteiger partial charge in [-0.05, 0) is 42.8 Å². The second kappa shape index (κ2) is 7.63. The van der Waals surface area contributed by atoms with Crippen LogP contribution in [0.1, 0.15) is 21.6 Å². The molecule has 1 heterocycles. The first kappa shape index (κ1) is 18.9. The van der Waals surface area contributed by atoms with E-state index in [0.29, 0.717) is 11.1 Å². The summed E-state index contributed by atoms with van der Waals surface area (Å²) < 4.78 is 23.2. The van der Waals surface area contributed by atoms with Crippen molar-refractivity contribution in [2.75, 3.05) is 6.26 Å². The number of halogens is 1. The number of sulfone groups is 1. The highest BCUT2D eigenvalue weighted by Gasteiger charge is 2.16. The van der Waals surface area contributed by atoms with E-state index in [0.717, 1.165) is 11.9 Å². The normalized spacial score (nSPS) is 12.9. The van der Waals surface area contributed by atoms with Gasteiger partial charge >= 0.3 is 0 Å². The van der Waals surface area contributed by atoms with Crippen LogP contribution in [0, 0.1) is 6.92 Å². The fourth-order valence-corrected chi connectivity index (χ4v) is 2.84. The van der Waals surface area contributed by atoms with E-state index < -0.39 is 9.84 Å². The molecule has 0 aliphatic heterocycles. The van der Waals surface area contributed by atoms with Crippen LogP contribution in [0.4, 0.5) is 0 Å². The van der Waals surface area contributed by atoms with Gasteiger partial charge in [-0.25, -0.2) is 8.42 Å². The Hall–Kier alpha value is -2.44. The number of hydrogen-bond donors (Lipinski definition) is 1. The minimum atomic E-state index is -3.32. The van der Waals surface area contributed by atoms with Gasteiger partial charge in [0.1, 0.15) is 0 Å². The maximum atomic E-state index is 12.8. The molecule has 2 rings (SSSR count). The van der Waals surface area contributed by atoms with E-state index in [4.69, 9.17) is 17.3 Å². The maximum absolute atomic E-state index is 12.8. The van der Waals surface area contributed by atoms with Crippen LogP contribution in [-0.2, 0) is 9.84 Å². The number of rotatable bonds is 5. The van der Waals surface area contributed by atoms with Crippen LogP contribution < -0.4 is 5.73 Å². The number of benzene rings is 1. The standard InChI is InChI=1S/C18H17ClN2O3S/c1-12-3-4-14(11-21-12)18(22)17(9-15(19)10-20)13-5-7-16(8-6-13)25(2,23)24/h3-11H,20H2,1-2H3/b15-10-,17-9-. The molecule has 0 unspecified atom stereocenters. The highest BCUT2D eigenvalue weighted by Crippen LogP contribution is 2.24. The molecule has 0 aliphatic rings. The Morgan fingerprint density at radius 3 is 2.20 bits per heavy atom. The highest BCUT2D eigenvalue weighted by atomic mass is 35.5. The van der Waals surface area contributed by atoms with Gasteiger partial charge in [-0.15, -0.1) is 0 Å². The van der Waals surface area contributed by atoms with Crippen molar-refractivity contribution in [3.05, 3.63) is 76.7 Å². The van der Waals surface area contributed by atoms with Gasteiger partial charge in [0.05, 0.1) is 9.93 Å². The molecule has 0 fully saturated rings. The van der Waals surface area contributed by atoms with Crippen molar-refractivity contribution in [3.63, 3.8) is 0 Å². The smallest absolute Gasteiger partial charge is 0.195 e. The summed E-state index contributed by atoms with van der Waals surface area (Å²) in [5.41, 5.74) is 7.40. The number of nitrogens with two attached hydrogens (primary N) is 1. The average molecular weight is 377 g/mol. The lowest BCUT2D eigenvalue weighted by Crippen LogP contribution is -2.05. The Morgan fingerprint density at radius 1 is 1.12 bits per heavy atom. The predicted molar refractivity (Wildman–Crippen MR) is 99.0 cm³/mol. The number of carbonyl (C=O) groups is 1. The molecule has 2 aromatic rings. The van der Waals surface area contributed by atoms with Crippen LogP contribution in [0.15, 0.2) is 64.8 Å². The second-order valence-corrected chi connectivity index (χ2v) is 7.88. The van der Waals surface area contributed by atoms with Gasteiger partial charge in [-0.2, -0.15) is 0 Å². The molecule has 0 radical (unpaired) electrons. The van der Waals surface area contributed by atoms with Crippen molar-refractivity contribution >= 4 is 32.8 Å². The highest BCUT2D eigenvalue weighted by molar-refractivity contribution is 7.90. The predicted octanol–water partition coefficient (Wildman–Crippen LogP) is 3.10. The summed E-state index contributed by atoms with van der Waals surface area (Å²) >= 11 is 5.97. The summed E-state index contributed by atoms with van der Waals surface area (Å²) in [7, 11) is -3.32. The van der Waals surface area contributed by atoms with Gasteiger partial charge in [0.25, 0.3) is 0 Å². The van der Waals surface area contributed by atoms with E-state index >= 15 is 0 Å². The number of ketones is 1. The first-order chi connectivity index (χ1) is 11.7. The van der Waals surface area contributed by atoms with Crippen molar-refractivity contribution in [1.29, 1.82) is 0 Å². The van der Waals surface area contributed by atoms with Crippen molar-refractivity contribution in [2.45, 2.75) is 11.8 Å². The number of Topliss-reactive ketones (excluding diaryl/α,β-unsaturated/α-hetero) is 1. The largest absolute Gasteiger partial charge is 0.403 e. The number of nitrogens with zero attached hydrogens (tertiary/aromatic N) is 1. The lowest BCUT2D eigenvalue weighted by Gasteiger charge is -2.09. The summed E-state index contributed by atoms with van der Waals surface area (Å²) in [6.07, 6.45) is 5.22. The third-order valence-electron chi connectivity index (χ3n) is 3.45. The third-order valence-corrected chi connectivity index (χ3v) is 4.82. The van der Waals surface area contributed by atoms with Gasteiger partial charge in [0.2, 0.25) is 0 Å². The van der Waals surface area contributed by atoms with E-state index in [2.05, 4.69) is 4.98 Å². The molecule has 25 heavy (non-hydrogen) atoms. The van der Waals surface area contributed by atoms with Crippen LogP contribution >= 0.6 is 11.6 Å².